The van der Waals surface area contributed by atoms with Gasteiger partial charge >= 0.3 is 0 Å². The van der Waals surface area contributed by atoms with E-state index in [0.717, 1.165) is 50.6 Å². The summed E-state index contributed by atoms with van der Waals surface area (Å²) >= 11 is 1.79. The number of guanidine groups is 1. The van der Waals surface area contributed by atoms with Gasteiger partial charge in [0.2, 0.25) is 5.89 Å². The lowest BCUT2D eigenvalue weighted by Gasteiger charge is -2.10. The molecule has 2 N–H and O–H groups in total. The third kappa shape index (κ3) is 6.74. The topological polar surface area (TPSA) is 88.2 Å². The molecule has 2 heterocycles. The first kappa shape index (κ1) is 20.4. The minimum atomic E-state index is 0.293. The fraction of sp³-hybridized carbons (Fsp3) is 0.667. The van der Waals surface area contributed by atoms with Gasteiger partial charge in [0.15, 0.2) is 11.8 Å². The van der Waals surface area contributed by atoms with E-state index in [1.165, 1.54) is 9.88 Å². The number of hydrogen-bond acceptors (Lipinski definition) is 6. The molecule has 0 radical (unpaired) electrons. The maximum atomic E-state index is 5.26. The Labute approximate surface area is 159 Å². The Kier molecular flexibility index (Phi) is 8.53. The first-order valence-corrected chi connectivity index (χ1v) is 10.2. The van der Waals surface area contributed by atoms with Crippen LogP contribution >= 0.6 is 11.3 Å². The molecule has 0 fully saturated rings. The lowest BCUT2D eigenvalue weighted by molar-refractivity contribution is 0.369. The average Bonchev–Trinajstić information content (AvgIpc) is 3.28. The van der Waals surface area contributed by atoms with E-state index in [2.05, 4.69) is 58.4 Å². The highest BCUT2D eigenvalue weighted by Crippen LogP contribution is 2.13. The Morgan fingerprint density at radius 2 is 2.12 bits per heavy atom. The fourth-order valence-electron chi connectivity index (χ4n) is 2.28. The van der Waals surface area contributed by atoms with Crippen molar-refractivity contribution in [3.63, 3.8) is 0 Å². The van der Waals surface area contributed by atoms with Gasteiger partial charge in [-0.1, -0.05) is 25.9 Å². The summed E-state index contributed by atoms with van der Waals surface area (Å²) in [5, 5.41) is 11.8. The van der Waals surface area contributed by atoms with E-state index in [1.807, 2.05) is 6.20 Å². The van der Waals surface area contributed by atoms with Gasteiger partial charge in [0.1, 0.15) is 0 Å². The molecule has 0 spiro atoms. The van der Waals surface area contributed by atoms with E-state index in [-0.39, 0.29) is 0 Å². The van der Waals surface area contributed by atoms with Gasteiger partial charge in [0.25, 0.3) is 0 Å². The molecular weight excluding hydrogens is 348 g/mol. The van der Waals surface area contributed by atoms with Crippen LogP contribution in [0.5, 0.6) is 0 Å². The second kappa shape index (κ2) is 10.9. The second-order valence-electron chi connectivity index (χ2n) is 6.32. The van der Waals surface area contributed by atoms with Crippen molar-refractivity contribution in [1.29, 1.82) is 0 Å². The summed E-state index contributed by atoms with van der Waals surface area (Å²) in [7, 11) is 0. The first-order valence-electron chi connectivity index (χ1n) is 9.40. The van der Waals surface area contributed by atoms with E-state index < -0.39 is 0 Å². The first-order chi connectivity index (χ1) is 12.6. The quantitative estimate of drug-likeness (QED) is 0.375. The predicted octanol–water partition coefficient (Wildman–Crippen LogP) is 2.94. The smallest absolute Gasteiger partial charge is 0.226 e. The van der Waals surface area contributed by atoms with Crippen LogP contribution in [0, 0.1) is 0 Å². The average molecular weight is 379 g/mol. The van der Waals surface area contributed by atoms with Crippen LogP contribution in [0.1, 0.15) is 61.6 Å². The van der Waals surface area contributed by atoms with Gasteiger partial charge < -0.3 is 15.2 Å². The number of aliphatic imine (C=N–C) groups is 1. The highest BCUT2D eigenvalue weighted by molar-refractivity contribution is 7.11. The number of hydrogen-bond donors (Lipinski definition) is 2. The van der Waals surface area contributed by atoms with Crippen LogP contribution in [0.15, 0.2) is 15.7 Å². The second-order valence-corrected chi connectivity index (χ2v) is 7.52. The van der Waals surface area contributed by atoms with Crippen molar-refractivity contribution in [2.24, 2.45) is 4.99 Å². The third-order valence-electron chi connectivity index (χ3n) is 3.74. The van der Waals surface area contributed by atoms with Crippen LogP contribution in [0.25, 0.3) is 0 Å². The van der Waals surface area contributed by atoms with Gasteiger partial charge in [0, 0.05) is 49.5 Å². The molecule has 0 saturated heterocycles. The molecule has 0 amide bonds. The standard InChI is InChI=1S/C18H30N6OS/c1-5-14-12-22-16(26-14)9-11-21-18(19-6-2)20-10-7-8-15-23-17(13(3)4)24-25-15/h12-13H,5-11H2,1-4H3,(H2,19,20,21). The minimum Gasteiger partial charge on any atom is -0.357 e. The van der Waals surface area contributed by atoms with Crippen molar-refractivity contribution >= 4 is 17.3 Å². The van der Waals surface area contributed by atoms with Crippen molar-refractivity contribution in [3.05, 3.63) is 27.8 Å². The van der Waals surface area contributed by atoms with Gasteiger partial charge in [-0.15, -0.1) is 11.3 Å². The van der Waals surface area contributed by atoms with E-state index in [9.17, 15) is 0 Å². The van der Waals surface area contributed by atoms with Gasteiger partial charge in [-0.05, 0) is 19.8 Å². The van der Waals surface area contributed by atoms with E-state index in [1.54, 1.807) is 11.3 Å². The Morgan fingerprint density at radius 3 is 2.77 bits per heavy atom. The molecule has 2 aromatic rings. The SMILES string of the molecule is CCNC(=NCCCc1nc(C(C)C)no1)NCCc1ncc(CC)s1. The molecule has 7 nitrogen and oxygen atoms in total. The highest BCUT2D eigenvalue weighted by Gasteiger charge is 2.09. The van der Waals surface area contributed by atoms with Gasteiger partial charge in [-0.3, -0.25) is 4.99 Å². The maximum absolute atomic E-state index is 5.26. The summed E-state index contributed by atoms with van der Waals surface area (Å²) in [6.45, 7) is 10.7. The minimum absolute atomic E-state index is 0.293. The van der Waals surface area contributed by atoms with Crippen molar-refractivity contribution < 1.29 is 4.52 Å². The normalized spacial score (nSPS) is 12.0. The summed E-state index contributed by atoms with van der Waals surface area (Å²) in [6, 6.07) is 0. The zero-order valence-electron chi connectivity index (χ0n) is 16.2. The molecule has 0 saturated carbocycles. The maximum Gasteiger partial charge on any atom is 0.226 e. The number of nitrogens with one attached hydrogen (secondary N) is 2. The Bertz CT molecular complexity index is 679. The molecule has 8 heteroatoms. The summed E-state index contributed by atoms with van der Waals surface area (Å²) in [6.07, 6.45) is 5.56. The van der Waals surface area contributed by atoms with Crippen LogP contribution in [0.4, 0.5) is 0 Å². The molecule has 0 aliphatic heterocycles. The molecule has 0 aromatic carbocycles. The van der Waals surface area contributed by atoms with Crippen LogP contribution in [-0.2, 0) is 19.3 Å². The molecule has 0 bridgehead atoms. The molecule has 0 aliphatic rings. The van der Waals surface area contributed by atoms with Gasteiger partial charge in [-0.2, -0.15) is 4.98 Å². The third-order valence-corrected chi connectivity index (χ3v) is 4.95. The number of thiazole rings is 1. The zero-order chi connectivity index (χ0) is 18.8. The Morgan fingerprint density at radius 1 is 1.27 bits per heavy atom. The van der Waals surface area contributed by atoms with Crippen LogP contribution in [0.2, 0.25) is 0 Å². The predicted molar refractivity (Wildman–Crippen MR) is 106 cm³/mol. The highest BCUT2D eigenvalue weighted by atomic mass is 32.1. The summed E-state index contributed by atoms with van der Waals surface area (Å²) in [5.41, 5.74) is 0. The number of nitrogens with zero attached hydrogens (tertiary/aromatic N) is 4. The van der Waals surface area contributed by atoms with Crippen LogP contribution < -0.4 is 10.6 Å². The number of rotatable bonds is 10. The molecule has 26 heavy (non-hydrogen) atoms. The van der Waals surface area contributed by atoms with E-state index in [4.69, 9.17) is 4.52 Å². The zero-order valence-corrected chi connectivity index (χ0v) is 17.0. The number of aromatic nitrogens is 3. The van der Waals surface area contributed by atoms with E-state index in [0.29, 0.717) is 18.4 Å². The molecule has 0 atom stereocenters. The van der Waals surface area contributed by atoms with E-state index >= 15 is 0 Å². The van der Waals surface area contributed by atoms with Crippen molar-refractivity contribution in [1.82, 2.24) is 25.8 Å². The molecule has 0 unspecified atom stereocenters. The summed E-state index contributed by atoms with van der Waals surface area (Å²) in [5.74, 6) is 2.60. The molecule has 2 rings (SSSR count). The summed E-state index contributed by atoms with van der Waals surface area (Å²) < 4.78 is 5.26. The van der Waals surface area contributed by atoms with Gasteiger partial charge in [0.05, 0.1) is 5.01 Å². The monoisotopic (exact) mass is 378 g/mol. The van der Waals surface area contributed by atoms with Crippen LogP contribution in [0.3, 0.4) is 0 Å². The van der Waals surface area contributed by atoms with Crippen LogP contribution in [-0.4, -0.2) is 40.7 Å². The Balaban J connectivity index is 1.72. The molecular formula is C18H30N6OS. The lowest BCUT2D eigenvalue weighted by atomic mass is 10.2. The fourth-order valence-corrected chi connectivity index (χ4v) is 3.14. The Hall–Kier alpha value is -1.96. The largest absolute Gasteiger partial charge is 0.357 e. The summed E-state index contributed by atoms with van der Waals surface area (Å²) in [4.78, 5) is 14.8. The van der Waals surface area contributed by atoms with Crippen molar-refractivity contribution in [3.8, 4) is 0 Å². The molecule has 0 aliphatic carbocycles. The lowest BCUT2D eigenvalue weighted by Crippen LogP contribution is -2.38. The van der Waals surface area contributed by atoms with Gasteiger partial charge in [-0.25, -0.2) is 4.98 Å². The van der Waals surface area contributed by atoms with Crippen molar-refractivity contribution in [2.45, 2.75) is 59.3 Å². The number of aryl methyl sites for hydroxylation is 2. The van der Waals surface area contributed by atoms with Crippen molar-refractivity contribution in [2.75, 3.05) is 19.6 Å². The molecule has 2 aromatic heterocycles. The molecule has 144 valence electrons.